The number of amides is 2. The zero-order valence-corrected chi connectivity index (χ0v) is 16.0. The number of rotatable bonds is 7. The summed E-state index contributed by atoms with van der Waals surface area (Å²) >= 11 is 0. The van der Waals surface area contributed by atoms with E-state index in [-0.39, 0.29) is 11.5 Å². The van der Waals surface area contributed by atoms with Crippen molar-refractivity contribution in [3.63, 3.8) is 0 Å². The first kappa shape index (κ1) is 20.0. The topological polar surface area (TPSA) is 111 Å². The number of methoxy groups -OCH3 is 2. The zero-order valence-electron chi connectivity index (χ0n) is 16.0. The summed E-state index contributed by atoms with van der Waals surface area (Å²) in [6.45, 7) is 0.678. The number of hydrogen-bond donors (Lipinski definition) is 2. The van der Waals surface area contributed by atoms with E-state index in [2.05, 4.69) is 20.4 Å². The second-order valence-electron chi connectivity index (χ2n) is 6.02. The van der Waals surface area contributed by atoms with E-state index in [4.69, 9.17) is 4.74 Å². The lowest BCUT2D eigenvalue weighted by atomic mass is 10.2. The van der Waals surface area contributed by atoms with Gasteiger partial charge in [0.25, 0.3) is 11.8 Å². The first-order chi connectivity index (χ1) is 14.0. The van der Waals surface area contributed by atoms with Crippen LogP contribution in [0, 0.1) is 0 Å². The van der Waals surface area contributed by atoms with Crippen molar-refractivity contribution in [2.45, 2.75) is 0 Å². The second-order valence-corrected chi connectivity index (χ2v) is 6.02. The van der Waals surface area contributed by atoms with Gasteiger partial charge in [0.1, 0.15) is 0 Å². The number of hydrogen-bond acceptors (Lipinski definition) is 6. The van der Waals surface area contributed by atoms with Gasteiger partial charge in [-0.1, -0.05) is 12.1 Å². The third-order valence-corrected chi connectivity index (χ3v) is 4.10. The van der Waals surface area contributed by atoms with Gasteiger partial charge in [0.05, 0.1) is 24.8 Å². The van der Waals surface area contributed by atoms with Gasteiger partial charge in [0, 0.05) is 25.5 Å². The van der Waals surface area contributed by atoms with E-state index >= 15 is 0 Å². The maximum atomic E-state index is 12.8. The molecular formula is C20H20N4O5. The number of aromatic nitrogens is 2. The van der Waals surface area contributed by atoms with Crippen molar-refractivity contribution in [3.05, 3.63) is 65.7 Å². The van der Waals surface area contributed by atoms with E-state index in [0.29, 0.717) is 29.9 Å². The molecule has 0 spiro atoms. The number of ether oxygens (including phenoxy) is 2. The van der Waals surface area contributed by atoms with E-state index in [1.165, 1.54) is 20.3 Å². The third-order valence-electron chi connectivity index (χ3n) is 4.10. The Bertz CT molecular complexity index is 1060. The van der Waals surface area contributed by atoms with Crippen molar-refractivity contribution in [1.82, 2.24) is 14.7 Å². The molecule has 0 atom stereocenters. The Kier molecular flexibility index (Phi) is 6.20. The van der Waals surface area contributed by atoms with Crippen LogP contribution < -0.4 is 10.6 Å². The number of esters is 1. The average molecular weight is 396 g/mol. The summed E-state index contributed by atoms with van der Waals surface area (Å²) in [6, 6.07) is 11.5. The van der Waals surface area contributed by atoms with Crippen molar-refractivity contribution < 1.29 is 23.9 Å². The van der Waals surface area contributed by atoms with Crippen LogP contribution in [0.3, 0.4) is 0 Å². The molecule has 0 aliphatic heterocycles. The van der Waals surface area contributed by atoms with Crippen LogP contribution in [0.2, 0.25) is 0 Å². The SMILES string of the molecule is COCCNC(=O)c1nc(C(=O)Nc2cccc(C(=O)OC)c2)c2ccccn12. The summed E-state index contributed by atoms with van der Waals surface area (Å²) < 4.78 is 11.2. The summed E-state index contributed by atoms with van der Waals surface area (Å²) in [5, 5.41) is 5.39. The van der Waals surface area contributed by atoms with Gasteiger partial charge in [-0.25, -0.2) is 9.78 Å². The van der Waals surface area contributed by atoms with Gasteiger partial charge in [-0.2, -0.15) is 0 Å². The fourth-order valence-electron chi connectivity index (χ4n) is 2.74. The smallest absolute Gasteiger partial charge is 0.337 e. The van der Waals surface area contributed by atoms with E-state index in [9.17, 15) is 14.4 Å². The van der Waals surface area contributed by atoms with Crippen LogP contribution in [-0.4, -0.2) is 54.5 Å². The van der Waals surface area contributed by atoms with Crippen molar-refractivity contribution >= 4 is 29.0 Å². The first-order valence-electron chi connectivity index (χ1n) is 8.79. The van der Waals surface area contributed by atoms with Crippen LogP contribution in [0.15, 0.2) is 48.7 Å². The minimum absolute atomic E-state index is 0.0881. The number of nitrogens with zero attached hydrogens (tertiary/aromatic N) is 2. The summed E-state index contributed by atoms with van der Waals surface area (Å²) in [5.41, 5.74) is 1.27. The van der Waals surface area contributed by atoms with Crippen LogP contribution in [0.4, 0.5) is 5.69 Å². The number of carbonyl (C=O) groups excluding carboxylic acids is 3. The van der Waals surface area contributed by atoms with Gasteiger partial charge in [-0.05, 0) is 30.3 Å². The Balaban J connectivity index is 1.89. The van der Waals surface area contributed by atoms with Crippen LogP contribution in [-0.2, 0) is 9.47 Å². The molecule has 0 unspecified atom stereocenters. The van der Waals surface area contributed by atoms with Gasteiger partial charge >= 0.3 is 5.97 Å². The highest BCUT2D eigenvalue weighted by atomic mass is 16.5. The number of fused-ring (bicyclic) bond motifs is 1. The molecule has 9 heteroatoms. The summed E-state index contributed by atoms with van der Waals surface area (Å²) in [7, 11) is 2.82. The standard InChI is InChI=1S/C20H20N4O5/c1-28-11-9-21-19(26)17-23-16(15-8-3-4-10-24(15)17)18(25)22-14-7-5-6-13(12-14)20(27)29-2/h3-8,10,12H,9,11H2,1-2H3,(H,21,26)(H,22,25). The van der Waals surface area contributed by atoms with E-state index in [0.717, 1.165) is 0 Å². The Labute approximate surface area is 166 Å². The van der Waals surface area contributed by atoms with E-state index in [1.54, 1.807) is 47.0 Å². The molecule has 2 aromatic heterocycles. The highest BCUT2D eigenvalue weighted by Gasteiger charge is 2.21. The largest absolute Gasteiger partial charge is 0.465 e. The van der Waals surface area contributed by atoms with Crippen LogP contribution in [0.5, 0.6) is 0 Å². The number of anilines is 1. The van der Waals surface area contributed by atoms with Crippen LogP contribution in [0.1, 0.15) is 31.5 Å². The first-order valence-corrected chi connectivity index (χ1v) is 8.79. The predicted molar refractivity (Wildman–Crippen MR) is 105 cm³/mol. The minimum Gasteiger partial charge on any atom is -0.465 e. The maximum Gasteiger partial charge on any atom is 0.337 e. The van der Waals surface area contributed by atoms with E-state index in [1.807, 2.05) is 0 Å². The molecule has 0 saturated carbocycles. The van der Waals surface area contributed by atoms with Crippen molar-refractivity contribution in [1.29, 1.82) is 0 Å². The Morgan fingerprint density at radius 3 is 2.66 bits per heavy atom. The normalized spacial score (nSPS) is 10.6. The predicted octanol–water partition coefficient (Wildman–Crippen LogP) is 1.75. The molecule has 3 aromatic rings. The van der Waals surface area contributed by atoms with Gasteiger partial charge < -0.3 is 20.1 Å². The molecule has 3 rings (SSSR count). The minimum atomic E-state index is -0.511. The molecule has 150 valence electrons. The molecule has 2 amide bonds. The van der Waals surface area contributed by atoms with Gasteiger partial charge in [0.15, 0.2) is 5.69 Å². The zero-order chi connectivity index (χ0) is 20.8. The van der Waals surface area contributed by atoms with Gasteiger partial charge in [-0.15, -0.1) is 0 Å². The van der Waals surface area contributed by atoms with Crippen molar-refractivity contribution in [2.75, 3.05) is 32.7 Å². The summed E-state index contributed by atoms with van der Waals surface area (Å²) in [5.74, 6) is -1.35. The van der Waals surface area contributed by atoms with Crippen molar-refractivity contribution in [3.8, 4) is 0 Å². The highest BCUT2D eigenvalue weighted by Crippen LogP contribution is 2.17. The summed E-state index contributed by atoms with van der Waals surface area (Å²) in [4.78, 5) is 41.2. The number of nitrogens with one attached hydrogen (secondary N) is 2. The fourth-order valence-corrected chi connectivity index (χ4v) is 2.74. The molecule has 2 N–H and O–H groups in total. The average Bonchev–Trinajstić information content (AvgIpc) is 3.13. The van der Waals surface area contributed by atoms with Crippen LogP contribution >= 0.6 is 0 Å². The molecule has 0 aliphatic carbocycles. The molecule has 2 heterocycles. The number of pyridine rings is 1. The second kappa shape index (κ2) is 8.98. The number of imidazole rings is 1. The highest BCUT2D eigenvalue weighted by molar-refractivity contribution is 6.09. The lowest BCUT2D eigenvalue weighted by Crippen LogP contribution is -2.28. The Hall–Kier alpha value is -3.72. The van der Waals surface area contributed by atoms with Gasteiger partial charge in [-0.3, -0.25) is 14.0 Å². The fraction of sp³-hybridized carbons (Fsp3) is 0.200. The lowest BCUT2D eigenvalue weighted by molar-refractivity contribution is 0.0600. The molecule has 0 bridgehead atoms. The molecule has 0 aliphatic rings. The monoisotopic (exact) mass is 396 g/mol. The maximum absolute atomic E-state index is 12.8. The molecule has 0 saturated heterocycles. The molecule has 0 radical (unpaired) electrons. The third kappa shape index (κ3) is 4.41. The molecule has 9 nitrogen and oxygen atoms in total. The molecule has 1 aromatic carbocycles. The molecule has 29 heavy (non-hydrogen) atoms. The number of benzene rings is 1. The van der Waals surface area contributed by atoms with E-state index < -0.39 is 17.8 Å². The van der Waals surface area contributed by atoms with Crippen molar-refractivity contribution in [2.24, 2.45) is 0 Å². The van der Waals surface area contributed by atoms with Crippen LogP contribution in [0.25, 0.3) is 5.52 Å². The Morgan fingerprint density at radius 2 is 1.90 bits per heavy atom. The quantitative estimate of drug-likeness (QED) is 0.465. The number of carbonyl (C=O) groups is 3. The van der Waals surface area contributed by atoms with Gasteiger partial charge in [0.2, 0.25) is 5.82 Å². The molecule has 0 fully saturated rings. The molecular weight excluding hydrogens is 376 g/mol. The lowest BCUT2D eigenvalue weighted by Gasteiger charge is -2.05. The summed E-state index contributed by atoms with van der Waals surface area (Å²) in [6.07, 6.45) is 1.65. The Morgan fingerprint density at radius 1 is 1.07 bits per heavy atom.